The summed E-state index contributed by atoms with van der Waals surface area (Å²) in [5.74, 6) is 0.642. The molecule has 24 heavy (non-hydrogen) atoms. The lowest BCUT2D eigenvalue weighted by molar-refractivity contribution is -0.122. The molecule has 2 N–H and O–H groups in total. The van der Waals surface area contributed by atoms with Crippen molar-refractivity contribution < 1.29 is 4.79 Å². The Kier molecular flexibility index (Phi) is 5.69. The molecule has 3 rings (SSSR count). The van der Waals surface area contributed by atoms with Crippen LogP contribution >= 0.6 is 11.3 Å². The highest BCUT2D eigenvalue weighted by atomic mass is 32.1. The number of benzene rings is 1. The number of rotatable bonds is 6. The first-order valence-corrected chi connectivity index (χ1v) is 9.67. The molecule has 0 spiro atoms. The summed E-state index contributed by atoms with van der Waals surface area (Å²) in [5.41, 5.74) is 2.47. The van der Waals surface area contributed by atoms with Gasteiger partial charge in [0.2, 0.25) is 5.91 Å². The number of carbonyl (C=O) groups excluding carboxylic acids is 1. The third-order valence-corrected chi connectivity index (χ3v) is 5.60. The normalized spacial score (nSPS) is 18.7. The fourth-order valence-corrected chi connectivity index (χ4v) is 4.02. The average molecular weight is 343 g/mol. The Morgan fingerprint density at radius 3 is 2.58 bits per heavy atom. The molecule has 1 aliphatic heterocycles. The molecular weight excluding hydrogens is 316 g/mol. The van der Waals surface area contributed by atoms with Crippen LogP contribution in [0.3, 0.4) is 0 Å². The van der Waals surface area contributed by atoms with Crippen molar-refractivity contribution in [2.45, 2.75) is 51.1 Å². The van der Waals surface area contributed by atoms with Crippen LogP contribution in [-0.2, 0) is 4.79 Å². The zero-order valence-electron chi connectivity index (χ0n) is 14.4. The summed E-state index contributed by atoms with van der Waals surface area (Å²) in [6.45, 7) is 5.42. The third kappa shape index (κ3) is 4.25. The molecule has 4 heteroatoms. The molecule has 1 amide bonds. The van der Waals surface area contributed by atoms with Gasteiger partial charge in [-0.15, -0.1) is 11.3 Å². The molecular formula is C20H26N2OS. The second-order valence-corrected chi connectivity index (χ2v) is 7.81. The van der Waals surface area contributed by atoms with Gasteiger partial charge in [0.15, 0.2) is 0 Å². The van der Waals surface area contributed by atoms with Gasteiger partial charge in [-0.25, -0.2) is 0 Å². The smallest absolute Gasteiger partial charge is 0.222 e. The van der Waals surface area contributed by atoms with Crippen LogP contribution < -0.4 is 10.6 Å². The quantitative estimate of drug-likeness (QED) is 0.825. The molecule has 1 aliphatic rings. The van der Waals surface area contributed by atoms with E-state index in [9.17, 15) is 4.79 Å². The minimum Gasteiger partial charge on any atom is -0.344 e. The van der Waals surface area contributed by atoms with E-state index >= 15 is 0 Å². The van der Waals surface area contributed by atoms with E-state index in [-0.39, 0.29) is 11.9 Å². The molecule has 1 aromatic heterocycles. The van der Waals surface area contributed by atoms with E-state index in [0.29, 0.717) is 18.4 Å². The number of carbonyl (C=O) groups is 1. The van der Waals surface area contributed by atoms with E-state index in [1.807, 2.05) is 6.07 Å². The topological polar surface area (TPSA) is 41.1 Å². The van der Waals surface area contributed by atoms with Crippen LogP contribution in [0.25, 0.3) is 0 Å². The number of hydrogen-bond acceptors (Lipinski definition) is 3. The van der Waals surface area contributed by atoms with Gasteiger partial charge >= 0.3 is 0 Å². The Balaban J connectivity index is 1.75. The SMILES string of the molecule is CC(C)c1ccc(C(NC(=O)CC2CCCN2)c2cccs2)cc1. The first-order valence-electron chi connectivity index (χ1n) is 8.79. The van der Waals surface area contributed by atoms with Gasteiger partial charge < -0.3 is 10.6 Å². The number of nitrogens with one attached hydrogen (secondary N) is 2. The standard InChI is InChI=1S/C20H26N2OS/c1-14(2)15-7-9-16(10-8-15)20(18-6-4-12-24-18)22-19(23)13-17-5-3-11-21-17/h4,6-10,12,14,17,20-21H,3,5,11,13H2,1-2H3,(H,22,23). The average Bonchev–Trinajstić information content (AvgIpc) is 3.26. The predicted molar refractivity (Wildman–Crippen MR) is 100 cm³/mol. The molecule has 0 radical (unpaired) electrons. The van der Waals surface area contributed by atoms with Gasteiger partial charge in [0, 0.05) is 17.3 Å². The maximum absolute atomic E-state index is 12.5. The lowest BCUT2D eigenvalue weighted by Gasteiger charge is -2.20. The van der Waals surface area contributed by atoms with Crippen molar-refractivity contribution in [2.24, 2.45) is 0 Å². The van der Waals surface area contributed by atoms with Crippen LogP contribution in [0, 0.1) is 0 Å². The maximum atomic E-state index is 12.5. The van der Waals surface area contributed by atoms with Gasteiger partial charge in [0.25, 0.3) is 0 Å². The van der Waals surface area contributed by atoms with Gasteiger partial charge in [-0.1, -0.05) is 44.2 Å². The Bertz CT molecular complexity index is 643. The lowest BCUT2D eigenvalue weighted by atomic mass is 9.98. The molecule has 2 aromatic rings. The first-order chi connectivity index (χ1) is 11.6. The predicted octanol–water partition coefficient (Wildman–Crippen LogP) is 4.22. The molecule has 1 fully saturated rings. The lowest BCUT2D eigenvalue weighted by Crippen LogP contribution is -2.34. The monoisotopic (exact) mass is 342 g/mol. The summed E-state index contributed by atoms with van der Waals surface area (Å²) >= 11 is 1.69. The number of thiophene rings is 1. The van der Waals surface area contributed by atoms with Gasteiger partial charge in [-0.05, 0) is 47.9 Å². The Morgan fingerprint density at radius 2 is 2.00 bits per heavy atom. The minimum atomic E-state index is -0.0554. The van der Waals surface area contributed by atoms with E-state index in [1.165, 1.54) is 16.9 Å². The zero-order chi connectivity index (χ0) is 16.9. The fourth-order valence-electron chi connectivity index (χ4n) is 3.22. The second-order valence-electron chi connectivity index (χ2n) is 6.83. The summed E-state index contributed by atoms with van der Waals surface area (Å²) in [6.07, 6.45) is 2.83. The molecule has 0 bridgehead atoms. The van der Waals surface area contributed by atoms with Crippen LogP contribution in [0.1, 0.15) is 61.1 Å². The van der Waals surface area contributed by atoms with E-state index < -0.39 is 0 Å². The molecule has 2 atom stereocenters. The van der Waals surface area contributed by atoms with Gasteiger partial charge in [0.05, 0.1) is 6.04 Å². The van der Waals surface area contributed by atoms with Crippen molar-refractivity contribution in [1.82, 2.24) is 10.6 Å². The molecule has 0 aliphatic carbocycles. The number of hydrogen-bond donors (Lipinski definition) is 2. The Morgan fingerprint density at radius 1 is 1.25 bits per heavy atom. The van der Waals surface area contributed by atoms with Gasteiger partial charge in [0.1, 0.15) is 0 Å². The van der Waals surface area contributed by atoms with E-state index in [0.717, 1.165) is 18.5 Å². The summed E-state index contributed by atoms with van der Waals surface area (Å²) in [7, 11) is 0. The van der Waals surface area contributed by atoms with Crippen molar-refractivity contribution in [3.8, 4) is 0 Å². The van der Waals surface area contributed by atoms with Crippen LogP contribution in [0.5, 0.6) is 0 Å². The molecule has 128 valence electrons. The van der Waals surface area contributed by atoms with Crippen molar-refractivity contribution in [1.29, 1.82) is 0 Å². The summed E-state index contributed by atoms with van der Waals surface area (Å²) in [5, 5.41) is 8.70. The fraction of sp³-hybridized carbons (Fsp3) is 0.450. The highest BCUT2D eigenvalue weighted by Gasteiger charge is 2.22. The van der Waals surface area contributed by atoms with Crippen molar-refractivity contribution in [3.63, 3.8) is 0 Å². The van der Waals surface area contributed by atoms with Crippen LogP contribution in [0.15, 0.2) is 41.8 Å². The van der Waals surface area contributed by atoms with Crippen LogP contribution in [0.2, 0.25) is 0 Å². The van der Waals surface area contributed by atoms with Gasteiger partial charge in [-0.2, -0.15) is 0 Å². The Labute approximate surface area is 148 Å². The van der Waals surface area contributed by atoms with Crippen LogP contribution in [-0.4, -0.2) is 18.5 Å². The highest BCUT2D eigenvalue weighted by molar-refractivity contribution is 7.10. The minimum absolute atomic E-state index is 0.0554. The van der Waals surface area contributed by atoms with E-state index in [1.54, 1.807) is 11.3 Å². The van der Waals surface area contributed by atoms with E-state index in [2.05, 4.69) is 60.2 Å². The van der Waals surface area contributed by atoms with E-state index in [4.69, 9.17) is 0 Å². The second kappa shape index (κ2) is 7.95. The van der Waals surface area contributed by atoms with Crippen LogP contribution in [0.4, 0.5) is 0 Å². The van der Waals surface area contributed by atoms with Gasteiger partial charge in [-0.3, -0.25) is 4.79 Å². The van der Waals surface area contributed by atoms with Crippen molar-refractivity contribution in [3.05, 3.63) is 57.8 Å². The maximum Gasteiger partial charge on any atom is 0.222 e. The molecule has 2 unspecified atom stereocenters. The van der Waals surface area contributed by atoms with Crippen molar-refractivity contribution >= 4 is 17.2 Å². The summed E-state index contributed by atoms with van der Waals surface area (Å²) < 4.78 is 0. The largest absolute Gasteiger partial charge is 0.344 e. The summed E-state index contributed by atoms with van der Waals surface area (Å²) in [6, 6.07) is 13.1. The first kappa shape index (κ1) is 17.2. The number of amides is 1. The Hall–Kier alpha value is -1.65. The molecule has 1 aromatic carbocycles. The molecule has 0 saturated carbocycles. The highest BCUT2D eigenvalue weighted by Crippen LogP contribution is 2.27. The summed E-state index contributed by atoms with van der Waals surface area (Å²) in [4.78, 5) is 13.7. The molecule has 2 heterocycles. The molecule has 1 saturated heterocycles. The molecule has 3 nitrogen and oxygen atoms in total. The third-order valence-electron chi connectivity index (χ3n) is 4.66. The zero-order valence-corrected chi connectivity index (χ0v) is 15.2. The van der Waals surface area contributed by atoms with Crippen molar-refractivity contribution in [2.75, 3.05) is 6.54 Å².